The highest BCUT2D eigenvalue weighted by Crippen LogP contribution is 2.37. The van der Waals surface area contributed by atoms with Crippen molar-refractivity contribution in [3.05, 3.63) is 30.0 Å². The third-order valence-electron chi connectivity index (χ3n) is 8.26. The van der Waals surface area contributed by atoms with E-state index in [1.807, 2.05) is 36.1 Å². The summed E-state index contributed by atoms with van der Waals surface area (Å²) >= 11 is 0. The van der Waals surface area contributed by atoms with Crippen LogP contribution in [0.2, 0.25) is 0 Å². The summed E-state index contributed by atoms with van der Waals surface area (Å²) in [6.07, 6.45) is 10.8. The fourth-order valence-electron chi connectivity index (χ4n) is 6.24. The fourth-order valence-corrected chi connectivity index (χ4v) is 6.24. The molecular formula is C28H38N4O4. The zero-order valence-electron chi connectivity index (χ0n) is 21.7. The summed E-state index contributed by atoms with van der Waals surface area (Å²) in [7, 11) is 3.20. The summed E-state index contributed by atoms with van der Waals surface area (Å²) in [4.78, 5) is 29.8. The predicted octanol–water partition coefficient (Wildman–Crippen LogP) is 4.56. The molecule has 0 bridgehead atoms. The molecule has 0 spiro atoms. The van der Waals surface area contributed by atoms with Gasteiger partial charge in [0, 0.05) is 17.6 Å². The first-order valence-corrected chi connectivity index (χ1v) is 13.4. The van der Waals surface area contributed by atoms with Crippen LogP contribution in [-0.4, -0.2) is 58.3 Å². The largest absolute Gasteiger partial charge is 0.493 e. The highest BCUT2D eigenvalue weighted by Gasteiger charge is 2.51. The van der Waals surface area contributed by atoms with E-state index in [1.165, 1.54) is 12.8 Å². The zero-order valence-corrected chi connectivity index (χ0v) is 21.7. The van der Waals surface area contributed by atoms with Crippen LogP contribution in [0.5, 0.6) is 11.5 Å². The SMILES string of the molecule is COc1ccc(-c2cc3n(n2)CC(C)(C(=O)NC2CCCCC2)N(C2CCCCC2)C3=O)cc1OC. The molecule has 1 aromatic carbocycles. The van der Waals surface area contributed by atoms with E-state index in [9.17, 15) is 9.59 Å². The first kappa shape index (κ1) is 24.7. The maximum atomic E-state index is 14.0. The molecule has 1 aliphatic heterocycles. The van der Waals surface area contributed by atoms with Gasteiger partial charge in [-0.1, -0.05) is 38.5 Å². The molecule has 1 unspecified atom stereocenters. The Hall–Kier alpha value is -3.03. The Labute approximate surface area is 213 Å². The predicted molar refractivity (Wildman–Crippen MR) is 137 cm³/mol. The standard InChI is InChI=1S/C28H38N4O4/c1-28(27(34)29-20-10-6-4-7-11-20)18-31-23(26(33)32(28)21-12-8-5-9-13-21)17-22(30-31)19-14-15-24(35-2)25(16-19)36-3/h14-17,20-21H,4-13,18H2,1-3H3,(H,29,34). The van der Waals surface area contributed by atoms with Crippen molar-refractivity contribution in [2.24, 2.45) is 0 Å². The average Bonchev–Trinajstić information content (AvgIpc) is 3.33. The highest BCUT2D eigenvalue weighted by atomic mass is 16.5. The quantitative estimate of drug-likeness (QED) is 0.636. The number of nitrogens with zero attached hydrogens (tertiary/aromatic N) is 3. The van der Waals surface area contributed by atoms with E-state index in [2.05, 4.69) is 5.32 Å². The van der Waals surface area contributed by atoms with Crippen molar-refractivity contribution in [3.8, 4) is 22.8 Å². The number of carbonyl (C=O) groups is 2. The molecule has 2 aliphatic carbocycles. The lowest BCUT2D eigenvalue weighted by molar-refractivity contribution is -0.136. The first-order valence-electron chi connectivity index (χ1n) is 13.4. The van der Waals surface area contributed by atoms with Gasteiger partial charge in [0.1, 0.15) is 11.2 Å². The van der Waals surface area contributed by atoms with Crippen LogP contribution in [0.15, 0.2) is 24.3 Å². The maximum absolute atomic E-state index is 14.0. The molecule has 0 saturated heterocycles. The van der Waals surface area contributed by atoms with Gasteiger partial charge in [-0.15, -0.1) is 0 Å². The van der Waals surface area contributed by atoms with Crippen LogP contribution >= 0.6 is 0 Å². The smallest absolute Gasteiger partial charge is 0.273 e. The number of methoxy groups -OCH3 is 2. The Bertz CT molecular complexity index is 1120. The van der Waals surface area contributed by atoms with E-state index >= 15 is 0 Å². The topological polar surface area (TPSA) is 85.7 Å². The van der Waals surface area contributed by atoms with Gasteiger partial charge in [0.05, 0.1) is 26.5 Å². The Kier molecular flexibility index (Phi) is 6.95. The maximum Gasteiger partial charge on any atom is 0.273 e. The van der Waals surface area contributed by atoms with Gasteiger partial charge >= 0.3 is 0 Å². The second-order valence-electron chi connectivity index (χ2n) is 10.7. The molecule has 1 atom stereocenters. The number of benzene rings is 1. The van der Waals surface area contributed by atoms with Gasteiger partial charge in [0.15, 0.2) is 11.5 Å². The molecule has 8 heteroatoms. The van der Waals surface area contributed by atoms with Gasteiger partial charge in [0.25, 0.3) is 5.91 Å². The fraction of sp³-hybridized carbons (Fsp3) is 0.607. The van der Waals surface area contributed by atoms with E-state index < -0.39 is 5.54 Å². The Morgan fingerprint density at radius 1 is 0.972 bits per heavy atom. The van der Waals surface area contributed by atoms with Crippen molar-refractivity contribution < 1.29 is 19.1 Å². The molecule has 36 heavy (non-hydrogen) atoms. The number of ether oxygens (including phenoxy) is 2. The van der Waals surface area contributed by atoms with Gasteiger partial charge in [0.2, 0.25) is 5.91 Å². The summed E-state index contributed by atoms with van der Waals surface area (Å²) in [6.45, 7) is 2.27. The van der Waals surface area contributed by atoms with Crippen molar-refractivity contribution in [1.82, 2.24) is 20.0 Å². The number of aromatic nitrogens is 2. The molecule has 2 fully saturated rings. The molecule has 8 nitrogen and oxygen atoms in total. The Morgan fingerprint density at radius 2 is 1.64 bits per heavy atom. The number of hydrogen-bond donors (Lipinski definition) is 1. The van der Waals surface area contributed by atoms with E-state index in [-0.39, 0.29) is 23.9 Å². The van der Waals surface area contributed by atoms with Crippen LogP contribution < -0.4 is 14.8 Å². The minimum atomic E-state index is -0.982. The highest BCUT2D eigenvalue weighted by molar-refractivity contribution is 6.00. The molecule has 1 N–H and O–H groups in total. The van der Waals surface area contributed by atoms with Crippen LogP contribution in [0.4, 0.5) is 0 Å². The number of carbonyl (C=O) groups excluding carboxylic acids is 2. The molecule has 2 heterocycles. The van der Waals surface area contributed by atoms with E-state index in [0.29, 0.717) is 29.4 Å². The van der Waals surface area contributed by atoms with Crippen LogP contribution in [0, 0.1) is 0 Å². The van der Waals surface area contributed by atoms with Crippen molar-refractivity contribution in [3.63, 3.8) is 0 Å². The van der Waals surface area contributed by atoms with E-state index in [0.717, 1.165) is 56.9 Å². The lowest BCUT2D eigenvalue weighted by Gasteiger charge is -2.48. The minimum Gasteiger partial charge on any atom is -0.493 e. The van der Waals surface area contributed by atoms with Gasteiger partial charge < -0.3 is 19.7 Å². The Balaban J connectivity index is 1.50. The second-order valence-corrected chi connectivity index (χ2v) is 10.7. The van der Waals surface area contributed by atoms with Crippen LogP contribution in [0.1, 0.15) is 81.6 Å². The van der Waals surface area contributed by atoms with Crippen molar-refractivity contribution >= 4 is 11.8 Å². The summed E-state index contributed by atoms with van der Waals surface area (Å²) in [5.74, 6) is 1.08. The second kappa shape index (κ2) is 10.1. The molecule has 1 aromatic heterocycles. The molecule has 3 aliphatic rings. The first-order chi connectivity index (χ1) is 17.4. The molecule has 2 amide bonds. The van der Waals surface area contributed by atoms with Gasteiger partial charge in [-0.3, -0.25) is 14.3 Å². The molecule has 194 valence electrons. The van der Waals surface area contributed by atoms with Crippen molar-refractivity contribution in [1.29, 1.82) is 0 Å². The van der Waals surface area contributed by atoms with Crippen molar-refractivity contribution in [2.45, 2.75) is 95.3 Å². The third-order valence-corrected chi connectivity index (χ3v) is 8.26. The minimum absolute atomic E-state index is 0.0536. The molecule has 2 aromatic rings. The summed E-state index contributed by atoms with van der Waals surface area (Å²) in [6, 6.07) is 7.72. The van der Waals surface area contributed by atoms with Crippen LogP contribution in [0.3, 0.4) is 0 Å². The van der Waals surface area contributed by atoms with Crippen LogP contribution in [-0.2, 0) is 11.3 Å². The molecular weight excluding hydrogens is 456 g/mol. The van der Waals surface area contributed by atoms with Gasteiger partial charge in [-0.2, -0.15) is 5.10 Å². The summed E-state index contributed by atoms with van der Waals surface area (Å²) in [5, 5.41) is 8.11. The van der Waals surface area contributed by atoms with Crippen molar-refractivity contribution in [2.75, 3.05) is 14.2 Å². The zero-order chi connectivity index (χ0) is 25.3. The lowest BCUT2D eigenvalue weighted by atomic mass is 9.86. The lowest BCUT2D eigenvalue weighted by Crippen LogP contribution is -2.67. The summed E-state index contributed by atoms with van der Waals surface area (Å²) in [5.41, 5.74) is 1.07. The Morgan fingerprint density at radius 3 is 2.31 bits per heavy atom. The third kappa shape index (κ3) is 4.46. The van der Waals surface area contributed by atoms with Gasteiger partial charge in [-0.25, -0.2) is 0 Å². The number of hydrogen-bond acceptors (Lipinski definition) is 5. The normalized spacial score (nSPS) is 23.3. The number of nitrogens with one attached hydrogen (secondary N) is 1. The molecule has 0 radical (unpaired) electrons. The number of fused-ring (bicyclic) bond motifs is 1. The van der Waals surface area contributed by atoms with E-state index in [1.54, 1.807) is 18.9 Å². The summed E-state index contributed by atoms with van der Waals surface area (Å²) < 4.78 is 12.6. The van der Waals surface area contributed by atoms with E-state index in [4.69, 9.17) is 14.6 Å². The number of amides is 2. The monoisotopic (exact) mass is 494 g/mol. The molecule has 5 rings (SSSR count). The molecule has 2 saturated carbocycles. The van der Waals surface area contributed by atoms with Gasteiger partial charge in [-0.05, 0) is 56.9 Å². The average molecular weight is 495 g/mol. The van der Waals surface area contributed by atoms with Crippen LogP contribution in [0.25, 0.3) is 11.3 Å². The number of rotatable bonds is 6.